The zero-order valence-corrected chi connectivity index (χ0v) is 16.6. The third-order valence-electron chi connectivity index (χ3n) is 4.96. The van der Waals surface area contributed by atoms with Crippen molar-refractivity contribution in [1.29, 1.82) is 0 Å². The number of rotatable bonds is 4. The minimum atomic E-state index is 0.931. The zero-order chi connectivity index (χ0) is 19.8. The van der Waals surface area contributed by atoms with Gasteiger partial charge in [0, 0.05) is 41.8 Å². The van der Waals surface area contributed by atoms with Crippen LogP contribution in [-0.2, 0) is 7.05 Å². The van der Waals surface area contributed by atoms with Crippen LogP contribution in [0.2, 0.25) is 0 Å². The molecule has 0 fully saturated rings. The van der Waals surface area contributed by atoms with E-state index in [1.165, 1.54) is 0 Å². The highest BCUT2D eigenvalue weighted by molar-refractivity contribution is 5.85. The van der Waals surface area contributed by atoms with Gasteiger partial charge in [0.05, 0.1) is 23.6 Å². The van der Waals surface area contributed by atoms with E-state index in [0.29, 0.717) is 0 Å². The monoisotopic (exact) mass is 369 g/mol. The molecule has 0 aromatic carbocycles. The number of nitrogens with zero attached hydrogens (tertiary/aromatic N) is 5. The lowest BCUT2D eigenvalue weighted by Gasteiger charge is -2.12. The van der Waals surface area contributed by atoms with Crippen molar-refractivity contribution in [2.75, 3.05) is 0 Å². The van der Waals surface area contributed by atoms with Gasteiger partial charge in [-0.3, -0.25) is 9.67 Å². The van der Waals surface area contributed by atoms with Gasteiger partial charge in [0.25, 0.3) is 0 Å². The predicted molar refractivity (Wildman–Crippen MR) is 114 cm³/mol. The summed E-state index contributed by atoms with van der Waals surface area (Å²) in [5.74, 6) is 0. The van der Waals surface area contributed by atoms with Gasteiger partial charge in [-0.25, -0.2) is 4.52 Å². The van der Waals surface area contributed by atoms with E-state index in [1.807, 2.05) is 43.3 Å². The maximum atomic E-state index is 4.82. The standard InChI is InChI=1S/C23H23N5/c1-6-19(17-9-10-28-23(11-17)21(13-25-28)15(2)3)20-7-8-22(26-16(20)4)18-12-24-27(5)14-18/h6-14H,2H2,1,3-5H3/b19-6-. The van der Waals surface area contributed by atoms with Crippen molar-refractivity contribution in [2.24, 2.45) is 7.05 Å². The normalized spacial score (nSPS) is 11.9. The third kappa shape index (κ3) is 3.05. The van der Waals surface area contributed by atoms with Crippen LogP contribution < -0.4 is 0 Å². The molecule has 0 spiro atoms. The van der Waals surface area contributed by atoms with Crippen LogP contribution in [0, 0.1) is 6.92 Å². The van der Waals surface area contributed by atoms with E-state index in [2.05, 4.69) is 61.0 Å². The maximum Gasteiger partial charge on any atom is 0.0742 e. The van der Waals surface area contributed by atoms with Gasteiger partial charge in [0.15, 0.2) is 0 Å². The summed E-state index contributed by atoms with van der Waals surface area (Å²) in [5.41, 5.74) is 9.48. The molecule has 4 aromatic rings. The van der Waals surface area contributed by atoms with Crippen LogP contribution in [0.5, 0.6) is 0 Å². The Kier molecular flexibility index (Phi) is 4.43. The topological polar surface area (TPSA) is 48.0 Å². The van der Waals surface area contributed by atoms with Crippen molar-refractivity contribution in [3.05, 3.63) is 84.1 Å². The first-order valence-corrected chi connectivity index (χ1v) is 9.25. The fourth-order valence-electron chi connectivity index (χ4n) is 3.51. The summed E-state index contributed by atoms with van der Waals surface area (Å²) in [6.07, 6.45) is 9.81. The molecule has 0 radical (unpaired) electrons. The molecule has 0 aliphatic carbocycles. The molecular formula is C23H23N5. The average molecular weight is 369 g/mol. The molecule has 0 aliphatic rings. The molecule has 140 valence electrons. The number of pyridine rings is 2. The minimum Gasteiger partial charge on any atom is -0.275 e. The van der Waals surface area contributed by atoms with Crippen molar-refractivity contribution in [1.82, 2.24) is 24.4 Å². The molecule has 28 heavy (non-hydrogen) atoms. The first-order chi connectivity index (χ1) is 13.5. The lowest BCUT2D eigenvalue weighted by atomic mass is 9.96. The molecule has 5 nitrogen and oxygen atoms in total. The molecule has 0 atom stereocenters. The summed E-state index contributed by atoms with van der Waals surface area (Å²) >= 11 is 0. The molecule has 0 saturated carbocycles. The fraction of sp³-hybridized carbons (Fsp3) is 0.174. The molecule has 0 unspecified atom stereocenters. The SMILES string of the molecule is C=C(C)c1cnn2ccc(/C(=C/C)c3ccc(-c4cnn(C)c4)nc3C)cc12. The van der Waals surface area contributed by atoms with E-state index in [0.717, 1.165) is 50.3 Å². The molecule has 4 aromatic heterocycles. The first kappa shape index (κ1) is 17.9. The van der Waals surface area contributed by atoms with Gasteiger partial charge in [0.1, 0.15) is 0 Å². The average Bonchev–Trinajstić information content (AvgIpc) is 3.29. The number of hydrogen-bond donors (Lipinski definition) is 0. The van der Waals surface area contributed by atoms with Crippen LogP contribution in [0.1, 0.15) is 36.2 Å². The molecule has 5 heteroatoms. The van der Waals surface area contributed by atoms with Gasteiger partial charge in [-0.05, 0) is 55.7 Å². The Morgan fingerprint density at radius 3 is 2.57 bits per heavy atom. The van der Waals surface area contributed by atoms with Crippen LogP contribution in [0.4, 0.5) is 0 Å². The largest absolute Gasteiger partial charge is 0.275 e. The molecule has 0 aliphatic heterocycles. The zero-order valence-electron chi connectivity index (χ0n) is 16.6. The Morgan fingerprint density at radius 1 is 1.11 bits per heavy atom. The van der Waals surface area contributed by atoms with Crippen LogP contribution in [-0.4, -0.2) is 24.4 Å². The van der Waals surface area contributed by atoms with Crippen molar-refractivity contribution in [3.63, 3.8) is 0 Å². The van der Waals surface area contributed by atoms with E-state index in [-0.39, 0.29) is 0 Å². The van der Waals surface area contributed by atoms with Crippen molar-refractivity contribution in [2.45, 2.75) is 20.8 Å². The van der Waals surface area contributed by atoms with E-state index >= 15 is 0 Å². The van der Waals surface area contributed by atoms with E-state index in [4.69, 9.17) is 4.98 Å². The molecule has 0 N–H and O–H groups in total. The highest BCUT2D eigenvalue weighted by atomic mass is 15.2. The van der Waals surface area contributed by atoms with Gasteiger partial charge in [0.2, 0.25) is 0 Å². The second-order valence-corrected chi connectivity index (χ2v) is 7.02. The molecule has 4 heterocycles. The summed E-state index contributed by atoms with van der Waals surface area (Å²) in [6, 6.07) is 8.45. The quantitative estimate of drug-likeness (QED) is 0.513. The smallest absolute Gasteiger partial charge is 0.0742 e. The summed E-state index contributed by atoms with van der Waals surface area (Å²) in [6.45, 7) is 10.2. The highest BCUT2D eigenvalue weighted by Gasteiger charge is 2.13. The van der Waals surface area contributed by atoms with Gasteiger partial charge in [-0.1, -0.05) is 18.7 Å². The van der Waals surface area contributed by atoms with Crippen LogP contribution in [0.3, 0.4) is 0 Å². The second-order valence-electron chi connectivity index (χ2n) is 7.02. The number of aromatic nitrogens is 5. The van der Waals surface area contributed by atoms with E-state index < -0.39 is 0 Å². The first-order valence-electron chi connectivity index (χ1n) is 9.25. The fourth-order valence-corrected chi connectivity index (χ4v) is 3.51. The van der Waals surface area contributed by atoms with Gasteiger partial charge < -0.3 is 0 Å². The molecule has 0 bridgehead atoms. The number of fused-ring (bicyclic) bond motifs is 1. The number of allylic oxidation sites excluding steroid dienone is 2. The van der Waals surface area contributed by atoms with Gasteiger partial charge in [-0.15, -0.1) is 0 Å². The summed E-state index contributed by atoms with van der Waals surface area (Å²) in [7, 11) is 1.91. The summed E-state index contributed by atoms with van der Waals surface area (Å²) in [5, 5.41) is 8.66. The predicted octanol–water partition coefficient (Wildman–Crippen LogP) is 4.92. The third-order valence-corrected chi connectivity index (χ3v) is 4.96. The Hall–Kier alpha value is -3.47. The molecule has 0 amide bonds. The van der Waals surface area contributed by atoms with Crippen molar-refractivity contribution in [3.8, 4) is 11.3 Å². The maximum absolute atomic E-state index is 4.82. The van der Waals surface area contributed by atoms with Crippen molar-refractivity contribution < 1.29 is 0 Å². The van der Waals surface area contributed by atoms with E-state index in [9.17, 15) is 0 Å². The summed E-state index contributed by atoms with van der Waals surface area (Å²) < 4.78 is 3.68. The Morgan fingerprint density at radius 2 is 1.93 bits per heavy atom. The van der Waals surface area contributed by atoms with Crippen LogP contribution >= 0.6 is 0 Å². The minimum absolute atomic E-state index is 0.931. The van der Waals surface area contributed by atoms with Crippen LogP contribution in [0.15, 0.2) is 61.7 Å². The van der Waals surface area contributed by atoms with E-state index in [1.54, 1.807) is 4.68 Å². The lowest BCUT2D eigenvalue weighted by Crippen LogP contribution is -1.97. The Bertz CT molecular complexity index is 1220. The van der Waals surface area contributed by atoms with Gasteiger partial charge >= 0.3 is 0 Å². The summed E-state index contributed by atoms with van der Waals surface area (Å²) in [4.78, 5) is 4.82. The molecule has 4 rings (SSSR count). The number of hydrogen-bond acceptors (Lipinski definition) is 3. The highest BCUT2D eigenvalue weighted by Crippen LogP contribution is 2.29. The molecular weight excluding hydrogens is 346 g/mol. The van der Waals surface area contributed by atoms with Gasteiger partial charge in [-0.2, -0.15) is 10.2 Å². The Balaban J connectivity index is 1.78. The van der Waals surface area contributed by atoms with Crippen molar-refractivity contribution >= 4 is 16.7 Å². The van der Waals surface area contributed by atoms with Crippen LogP contribution in [0.25, 0.3) is 27.9 Å². The Labute approximate surface area is 164 Å². The second kappa shape index (κ2) is 6.93. The lowest BCUT2D eigenvalue weighted by molar-refractivity contribution is 0.768. The molecule has 0 saturated heterocycles. The number of aryl methyl sites for hydroxylation is 2.